The van der Waals surface area contributed by atoms with Gasteiger partial charge in [0, 0.05) is 43.9 Å². The molecule has 1 N–H and O–H groups in total. The zero-order valence-electron chi connectivity index (χ0n) is 18.3. The molecule has 1 saturated heterocycles. The fraction of sp³-hybridized carbons (Fsp3) is 0.455. The molecule has 3 aromatic rings. The van der Waals surface area contributed by atoms with Crippen molar-refractivity contribution in [3.8, 4) is 11.3 Å². The van der Waals surface area contributed by atoms with Gasteiger partial charge in [-0.1, -0.05) is 6.92 Å². The first-order valence-electron chi connectivity index (χ1n) is 10.7. The highest BCUT2D eigenvalue weighted by Gasteiger charge is 2.62. The summed E-state index contributed by atoms with van der Waals surface area (Å²) in [5.74, 6) is 1.20. The summed E-state index contributed by atoms with van der Waals surface area (Å²) in [6.45, 7) is 3.82. The molecule has 1 aliphatic heterocycles. The molecule has 11 heteroatoms. The van der Waals surface area contributed by atoms with Gasteiger partial charge in [0.2, 0.25) is 11.8 Å². The molecule has 3 atom stereocenters. The number of alkyl halides is 3. The molecule has 2 aliphatic rings. The van der Waals surface area contributed by atoms with Crippen molar-refractivity contribution in [2.45, 2.75) is 50.9 Å². The summed E-state index contributed by atoms with van der Waals surface area (Å²) in [6.07, 6.45) is -0.739. The standard InChI is InChI=1S/C22H23F3N6O2/c1-12-8-15-11-21(10-12,19-28-27-13(2)33-19)31(15)20(32)26-14-4-5-17(22(23,24)25)16(9-14)18-6-7-30(3)29-18/h4-7,9,12,15H,8,10-11H2,1-3H3,(H,26,32)/t12-,15-,21+/m1/s1. The minimum atomic E-state index is -4.56. The number of aromatic nitrogens is 4. The average Bonchev–Trinajstić information content (AvgIpc) is 3.35. The highest BCUT2D eigenvalue weighted by Crippen LogP contribution is 2.55. The van der Waals surface area contributed by atoms with E-state index in [-0.39, 0.29) is 23.0 Å². The SMILES string of the molecule is Cc1nnc([C@]23C[C@H](C)C[C@H](C2)N3C(=O)Nc2ccc(C(F)(F)F)c(-c3ccn(C)n3)c2)o1. The third-order valence-electron chi connectivity index (χ3n) is 6.47. The molecule has 174 valence electrons. The van der Waals surface area contributed by atoms with Crippen LogP contribution in [0.5, 0.6) is 0 Å². The van der Waals surface area contributed by atoms with Gasteiger partial charge in [0.05, 0.1) is 11.3 Å². The number of nitrogens with zero attached hydrogens (tertiary/aromatic N) is 5. The fourth-order valence-corrected chi connectivity index (χ4v) is 5.26. The number of halogens is 3. The van der Waals surface area contributed by atoms with Crippen LogP contribution in [0.3, 0.4) is 0 Å². The third-order valence-corrected chi connectivity index (χ3v) is 6.47. The fourth-order valence-electron chi connectivity index (χ4n) is 5.26. The molecule has 5 rings (SSSR count). The third kappa shape index (κ3) is 3.55. The molecule has 0 spiro atoms. The van der Waals surface area contributed by atoms with Crippen molar-refractivity contribution in [2.75, 3.05) is 5.32 Å². The van der Waals surface area contributed by atoms with Crippen molar-refractivity contribution in [3.63, 3.8) is 0 Å². The first-order valence-corrected chi connectivity index (χ1v) is 10.7. The smallest absolute Gasteiger partial charge is 0.417 e. The zero-order chi connectivity index (χ0) is 23.5. The van der Waals surface area contributed by atoms with Crippen LogP contribution in [0.1, 0.15) is 43.5 Å². The van der Waals surface area contributed by atoms with Crippen LogP contribution in [0, 0.1) is 12.8 Å². The van der Waals surface area contributed by atoms with Crippen LogP contribution in [0.2, 0.25) is 0 Å². The van der Waals surface area contributed by atoms with Crippen LogP contribution in [0.4, 0.5) is 23.7 Å². The Morgan fingerprint density at radius 1 is 1.24 bits per heavy atom. The largest absolute Gasteiger partial charge is 0.423 e. The normalized spacial score (nSPS) is 24.5. The highest BCUT2D eigenvalue weighted by atomic mass is 19.4. The van der Waals surface area contributed by atoms with Gasteiger partial charge in [-0.3, -0.25) is 4.68 Å². The molecule has 3 heterocycles. The lowest BCUT2D eigenvalue weighted by molar-refractivity contribution is -0.137. The van der Waals surface area contributed by atoms with Crippen LogP contribution >= 0.6 is 0 Å². The maximum Gasteiger partial charge on any atom is 0.417 e. The summed E-state index contributed by atoms with van der Waals surface area (Å²) >= 11 is 0. The number of nitrogens with one attached hydrogen (secondary N) is 1. The molecule has 1 saturated carbocycles. The van der Waals surface area contributed by atoms with Crippen molar-refractivity contribution in [2.24, 2.45) is 13.0 Å². The van der Waals surface area contributed by atoms with Gasteiger partial charge < -0.3 is 14.6 Å². The minimum Gasteiger partial charge on any atom is -0.423 e. The Labute approximate surface area is 187 Å². The number of hydrogen-bond donors (Lipinski definition) is 1. The molecular formula is C22H23F3N6O2. The number of rotatable bonds is 3. The van der Waals surface area contributed by atoms with Crippen molar-refractivity contribution in [3.05, 3.63) is 47.8 Å². The number of piperidine rings is 1. The van der Waals surface area contributed by atoms with Crippen molar-refractivity contribution in [1.82, 2.24) is 24.9 Å². The van der Waals surface area contributed by atoms with Gasteiger partial charge in [-0.05, 0) is 43.0 Å². The molecule has 2 aromatic heterocycles. The van der Waals surface area contributed by atoms with Crippen LogP contribution in [0.25, 0.3) is 11.3 Å². The van der Waals surface area contributed by atoms with Crippen LogP contribution in [-0.4, -0.2) is 37.0 Å². The van der Waals surface area contributed by atoms with E-state index in [1.165, 1.54) is 22.9 Å². The summed E-state index contributed by atoms with van der Waals surface area (Å²) in [7, 11) is 1.63. The van der Waals surface area contributed by atoms with Gasteiger partial charge in [-0.2, -0.15) is 18.3 Å². The number of carbonyl (C=O) groups excluding carboxylic acids is 1. The molecule has 2 fully saturated rings. The van der Waals surface area contributed by atoms with Crippen molar-refractivity contribution >= 4 is 11.7 Å². The van der Waals surface area contributed by atoms with Crippen molar-refractivity contribution in [1.29, 1.82) is 0 Å². The second kappa shape index (κ2) is 7.32. The average molecular weight is 460 g/mol. The van der Waals surface area contributed by atoms with Gasteiger partial charge in [-0.25, -0.2) is 4.79 Å². The topological polar surface area (TPSA) is 89.1 Å². The van der Waals surface area contributed by atoms with Gasteiger partial charge >= 0.3 is 12.2 Å². The predicted octanol–water partition coefficient (Wildman–Crippen LogP) is 4.73. The lowest BCUT2D eigenvalue weighted by atomic mass is 9.64. The van der Waals surface area contributed by atoms with E-state index in [1.54, 1.807) is 25.1 Å². The van der Waals surface area contributed by atoms with Gasteiger partial charge in [-0.15, -0.1) is 10.2 Å². The number of carbonyl (C=O) groups is 1. The summed E-state index contributed by atoms with van der Waals surface area (Å²) in [6, 6.07) is 4.64. The number of hydrogen-bond acceptors (Lipinski definition) is 5. The van der Waals surface area contributed by atoms with Crippen LogP contribution < -0.4 is 5.32 Å². The Morgan fingerprint density at radius 2 is 2.03 bits per heavy atom. The molecule has 0 radical (unpaired) electrons. The molecule has 2 amide bonds. The van der Waals surface area contributed by atoms with E-state index < -0.39 is 23.3 Å². The lowest BCUT2D eigenvalue weighted by Gasteiger charge is -2.61. The van der Waals surface area contributed by atoms with E-state index in [0.717, 1.165) is 18.9 Å². The summed E-state index contributed by atoms with van der Waals surface area (Å²) < 4.78 is 47.9. The maximum absolute atomic E-state index is 13.6. The predicted molar refractivity (Wildman–Crippen MR) is 112 cm³/mol. The van der Waals surface area contributed by atoms with E-state index in [0.29, 0.717) is 24.1 Å². The number of likely N-dealkylation sites (tertiary alicyclic amines) is 1. The molecule has 0 unspecified atom stereocenters. The van der Waals surface area contributed by atoms with Crippen molar-refractivity contribution < 1.29 is 22.4 Å². The number of benzene rings is 1. The number of anilines is 1. The van der Waals surface area contributed by atoms with Crippen LogP contribution in [-0.2, 0) is 18.8 Å². The Kier molecular flexibility index (Phi) is 4.77. The summed E-state index contributed by atoms with van der Waals surface area (Å²) in [5.41, 5.74) is -1.17. The molecule has 1 aromatic carbocycles. The highest BCUT2D eigenvalue weighted by molar-refractivity contribution is 5.92. The first kappa shape index (κ1) is 21.5. The number of amides is 2. The van der Waals surface area contributed by atoms with E-state index in [1.807, 2.05) is 0 Å². The summed E-state index contributed by atoms with van der Waals surface area (Å²) in [5, 5.41) is 15.0. The Bertz CT molecular complexity index is 1220. The number of aryl methyl sites for hydroxylation is 2. The van der Waals surface area contributed by atoms with Gasteiger partial charge in [0.1, 0.15) is 5.54 Å². The van der Waals surface area contributed by atoms with Gasteiger partial charge in [0.25, 0.3) is 0 Å². The van der Waals surface area contributed by atoms with E-state index in [2.05, 4.69) is 27.5 Å². The molecule has 33 heavy (non-hydrogen) atoms. The monoisotopic (exact) mass is 460 g/mol. The first-order chi connectivity index (χ1) is 15.6. The molecule has 8 nitrogen and oxygen atoms in total. The van der Waals surface area contributed by atoms with Crippen LogP contribution in [0.15, 0.2) is 34.9 Å². The lowest BCUT2D eigenvalue weighted by Crippen LogP contribution is -2.70. The Hall–Kier alpha value is -3.37. The Morgan fingerprint density at radius 3 is 2.67 bits per heavy atom. The zero-order valence-corrected chi connectivity index (χ0v) is 18.3. The minimum absolute atomic E-state index is 0.00525. The molecule has 1 aliphatic carbocycles. The number of fused-ring (bicyclic) bond motifs is 2. The molecular weight excluding hydrogens is 437 g/mol. The van der Waals surface area contributed by atoms with Gasteiger partial charge in [0.15, 0.2) is 0 Å². The van der Waals surface area contributed by atoms with E-state index in [4.69, 9.17) is 4.42 Å². The number of urea groups is 1. The van der Waals surface area contributed by atoms with E-state index in [9.17, 15) is 18.0 Å². The Balaban J connectivity index is 1.46. The second-order valence-corrected chi connectivity index (χ2v) is 8.99. The molecule has 2 bridgehead atoms. The maximum atomic E-state index is 13.6. The summed E-state index contributed by atoms with van der Waals surface area (Å²) in [4.78, 5) is 15.0. The van der Waals surface area contributed by atoms with E-state index >= 15 is 0 Å². The quantitative estimate of drug-likeness (QED) is 0.611. The second-order valence-electron chi connectivity index (χ2n) is 8.99.